The van der Waals surface area contributed by atoms with Gasteiger partial charge >= 0.3 is 5.97 Å². The van der Waals surface area contributed by atoms with Gasteiger partial charge in [-0.2, -0.15) is 0 Å². The molecule has 1 aliphatic rings. The van der Waals surface area contributed by atoms with E-state index in [4.69, 9.17) is 10.5 Å². The van der Waals surface area contributed by atoms with E-state index in [0.717, 1.165) is 13.1 Å². The van der Waals surface area contributed by atoms with Gasteiger partial charge in [0.25, 0.3) is 0 Å². The van der Waals surface area contributed by atoms with Crippen molar-refractivity contribution >= 4 is 35.9 Å². The monoisotopic (exact) mass is 383 g/mol. The Hall–Kier alpha value is -0.530. The number of carbonyl (C=O) groups is 1. The fraction of sp³-hybridized carbons (Fsp3) is 0.846. The lowest BCUT2D eigenvalue weighted by Crippen LogP contribution is -2.43. The van der Waals surface area contributed by atoms with Gasteiger partial charge in [-0.05, 0) is 32.1 Å². The van der Waals surface area contributed by atoms with Crippen molar-refractivity contribution in [1.82, 2.24) is 4.90 Å². The molecule has 1 heterocycles. The molecule has 0 aromatic rings. The highest BCUT2D eigenvalue weighted by molar-refractivity contribution is 14.0. The van der Waals surface area contributed by atoms with Crippen molar-refractivity contribution < 1.29 is 9.53 Å². The Morgan fingerprint density at radius 3 is 2.89 bits per heavy atom. The van der Waals surface area contributed by atoms with Crippen LogP contribution in [0.25, 0.3) is 0 Å². The number of guanidine groups is 1. The van der Waals surface area contributed by atoms with Crippen molar-refractivity contribution in [2.45, 2.75) is 39.5 Å². The van der Waals surface area contributed by atoms with E-state index < -0.39 is 0 Å². The van der Waals surface area contributed by atoms with Gasteiger partial charge in [-0.25, -0.2) is 0 Å². The van der Waals surface area contributed by atoms with E-state index in [1.54, 1.807) is 0 Å². The van der Waals surface area contributed by atoms with Crippen molar-refractivity contribution in [1.29, 1.82) is 0 Å². The Balaban J connectivity index is 0.00000324. The summed E-state index contributed by atoms with van der Waals surface area (Å²) in [7, 11) is 0. The number of nitrogens with two attached hydrogens (primary N) is 1. The van der Waals surface area contributed by atoms with Gasteiger partial charge in [-0.3, -0.25) is 9.79 Å². The van der Waals surface area contributed by atoms with Gasteiger partial charge in [0.15, 0.2) is 5.96 Å². The van der Waals surface area contributed by atoms with E-state index in [1.807, 2.05) is 6.92 Å². The average Bonchev–Trinajstić information content (AvgIpc) is 2.35. The molecule has 1 unspecified atom stereocenters. The highest BCUT2D eigenvalue weighted by atomic mass is 127. The fourth-order valence-electron chi connectivity index (χ4n) is 2.15. The van der Waals surface area contributed by atoms with Crippen LogP contribution in [-0.2, 0) is 9.53 Å². The number of aliphatic imine (C=N–C) groups is 1. The number of carbonyl (C=O) groups excluding carboxylic acids is 1. The van der Waals surface area contributed by atoms with Crippen molar-refractivity contribution in [3.63, 3.8) is 0 Å². The van der Waals surface area contributed by atoms with Crippen molar-refractivity contribution in [2.24, 2.45) is 16.6 Å². The zero-order valence-corrected chi connectivity index (χ0v) is 14.3. The molecule has 6 heteroatoms. The molecule has 1 rings (SSSR count). The minimum Gasteiger partial charge on any atom is -0.466 e. The number of hydrogen-bond donors (Lipinski definition) is 1. The lowest BCUT2D eigenvalue weighted by Gasteiger charge is -2.31. The minimum absolute atomic E-state index is 0. The first-order valence-corrected chi connectivity index (χ1v) is 6.84. The maximum atomic E-state index is 11.1. The lowest BCUT2D eigenvalue weighted by molar-refractivity contribution is -0.143. The second-order valence-corrected chi connectivity index (χ2v) is 4.84. The molecule has 1 fully saturated rings. The number of rotatable bonds is 5. The van der Waals surface area contributed by atoms with Gasteiger partial charge in [0.1, 0.15) is 0 Å². The van der Waals surface area contributed by atoms with Crippen molar-refractivity contribution in [2.75, 3.05) is 26.2 Å². The predicted octanol–water partition coefficient (Wildman–Crippen LogP) is 1.99. The molecule has 0 radical (unpaired) electrons. The van der Waals surface area contributed by atoms with Crippen LogP contribution < -0.4 is 5.73 Å². The molecule has 0 amide bonds. The summed E-state index contributed by atoms with van der Waals surface area (Å²) in [6, 6.07) is 0. The molecular weight excluding hydrogens is 357 g/mol. The maximum Gasteiger partial charge on any atom is 0.305 e. The largest absolute Gasteiger partial charge is 0.466 e. The summed E-state index contributed by atoms with van der Waals surface area (Å²) in [6.45, 7) is 7.07. The Morgan fingerprint density at radius 2 is 2.26 bits per heavy atom. The third-order valence-corrected chi connectivity index (χ3v) is 3.10. The molecule has 0 spiro atoms. The molecule has 19 heavy (non-hydrogen) atoms. The first kappa shape index (κ1) is 18.5. The topological polar surface area (TPSA) is 67.9 Å². The summed E-state index contributed by atoms with van der Waals surface area (Å²) >= 11 is 0. The second-order valence-electron chi connectivity index (χ2n) is 4.84. The van der Waals surface area contributed by atoms with Crippen LogP contribution in [-0.4, -0.2) is 43.1 Å². The smallest absolute Gasteiger partial charge is 0.305 e. The average molecular weight is 383 g/mol. The van der Waals surface area contributed by atoms with Crippen LogP contribution in [0.5, 0.6) is 0 Å². The van der Waals surface area contributed by atoms with Gasteiger partial charge in [0, 0.05) is 26.1 Å². The fourth-order valence-corrected chi connectivity index (χ4v) is 2.15. The predicted molar refractivity (Wildman–Crippen MR) is 87.7 cm³/mol. The zero-order valence-electron chi connectivity index (χ0n) is 11.9. The van der Waals surface area contributed by atoms with Crippen LogP contribution in [0.1, 0.15) is 39.5 Å². The quantitative estimate of drug-likeness (QED) is 0.259. The van der Waals surface area contributed by atoms with E-state index >= 15 is 0 Å². The summed E-state index contributed by atoms with van der Waals surface area (Å²) in [4.78, 5) is 17.6. The number of esters is 1. The third kappa shape index (κ3) is 7.59. The summed E-state index contributed by atoms with van der Waals surface area (Å²) in [5.41, 5.74) is 5.95. The lowest BCUT2D eigenvalue weighted by atomic mass is 10.0. The Morgan fingerprint density at radius 1 is 1.53 bits per heavy atom. The number of halogens is 1. The molecule has 2 N–H and O–H groups in total. The number of ether oxygens (including phenoxy) is 1. The molecule has 1 atom stereocenters. The van der Waals surface area contributed by atoms with Gasteiger partial charge in [-0.15, -0.1) is 24.0 Å². The highest BCUT2D eigenvalue weighted by Gasteiger charge is 2.17. The Kier molecular flexibility index (Phi) is 9.99. The molecule has 0 aromatic heterocycles. The summed E-state index contributed by atoms with van der Waals surface area (Å²) < 4.78 is 4.85. The van der Waals surface area contributed by atoms with Crippen molar-refractivity contribution in [3.05, 3.63) is 0 Å². The highest BCUT2D eigenvalue weighted by Crippen LogP contribution is 2.14. The van der Waals surface area contributed by atoms with Crippen LogP contribution in [0.15, 0.2) is 4.99 Å². The minimum atomic E-state index is -0.155. The van der Waals surface area contributed by atoms with Crippen LogP contribution in [0, 0.1) is 5.92 Å². The van der Waals surface area contributed by atoms with E-state index in [-0.39, 0.29) is 29.9 Å². The van der Waals surface area contributed by atoms with Gasteiger partial charge < -0.3 is 15.4 Å². The number of hydrogen-bond acceptors (Lipinski definition) is 3. The van der Waals surface area contributed by atoms with E-state index in [9.17, 15) is 4.79 Å². The van der Waals surface area contributed by atoms with E-state index in [0.29, 0.717) is 37.9 Å². The van der Waals surface area contributed by atoms with Crippen molar-refractivity contribution in [3.8, 4) is 0 Å². The molecule has 0 aliphatic carbocycles. The molecule has 112 valence electrons. The first-order chi connectivity index (χ1) is 8.63. The number of likely N-dealkylation sites (tertiary alicyclic amines) is 1. The SMILES string of the molecule is CCOC(=O)CCCN=C(N)N1CCCC(C)C1.I. The molecule has 1 saturated heterocycles. The van der Waals surface area contributed by atoms with E-state index in [1.165, 1.54) is 12.8 Å². The van der Waals surface area contributed by atoms with Gasteiger partial charge in [0.05, 0.1) is 6.61 Å². The zero-order chi connectivity index (χ0) is 13.4. The maximum absolute atomic E-state index is 11.1. The van der Waals surface area contributed by atoms with Crippen LogP contribution in [0.3, 0.4) is 0 Å². The summed E-state index contributed by atoms with van der Waals surface area (Å²) in [6.07, 6.45) is 3.57. The van der Waals surface area contributed by atoms with Gasteiger partial charge in [0.2, 0.25) is 0 Å². The molecular formula is C13H26IN3O2. The molecule has 0 saturated carbocycles. The Labute approximate surface area is 133 Å². The van der Waals surface area contributed by atoms with Gasteiger partial charge in [-0.1, -0.05) is 6.92 Å². The number of piperidine rings is 1. The second kappa shape index (κ2) is 10.3. The normalized spacial score (nSPS) is 19.8. The molecule has 1 aliphatic heterocycles. The molecule has 5 nitrogen and oxygen atoms in total. The summed E-state index contributed by atoms with van der Waals surface area (Å²) in [5.74, 6) is 1.15. The van der Waals surface area contributed by atoms with Crippen LogP contribution >= 0.6 is 24.0 Å². The standard InChI is InChI=1S/C13H25N3O2.HI/c1-3-18-12(17)7-4-8-15-13(14)16-9-5-6-11(2)10-16;/h11H,3-10H2,1-2H3,(H2,14,15);1H. The van der Waals surface area contributed by atoms with E-state index in [2.05, 4.69) is 16.8 Å². The number of nitrogens with zero attached hydrogens (tertiary/aromatic N) is 2. The third-order valence-electron chi connectivity index (χ3n) is 3.10. The molecule has 0 aromatic carbocycles. The summed E-state index contributed by atoms with van der Waals surface area (Å²) in [5, 5.41) is 0. The molecule has 0 bridgehead atoms. The Bertz CT molecular complexity index is 298. The van der Waals surface area contributed by atoms with Crippen LogP contribution in [0.2, 0.25) is 0 Å². The first-order valence-electron chi connectivity index (χ1n) is 6.84. The van der Waals surface area contributed by atoms with Crippen LogP contribution in [0.4, 0.5) is 0 Å².